The van der Waals surface area contributed by atoms with Crippen LogP contribution in [-0.4, -0.2) is 24.1 Å². The maximum atomic E-state index is 5.38. The molecule has 0 aliphatic carbocycles. The molecule has 3 heterocycles. The number of aromatic nitrogens is 5. The molecule has 15 aromatic rings. The zero-order valence-corrected chi connectivity index (χ0v) is 40.1. The lowest BCUT2D eigenvalue weighted by molar-refractivity contribution is 0.953. The number of hydrogen-bond acceptors (Lipinski definition) is 3. The van der Waals surface area contributed by atoms with Crippen molar-refractivity contribution in [3.05, 3.63) is 261 Å². The minimum absolute atomic E-state index is 0.552. The van der Waals surface area contributed by atoms with Crippen LogP contribution in [0.4, 0.5) is 0 Å². The zero-order chi connectivity index (χ0) is 48.7. The molecule has 5 nitrogen and oxygen atoms in total. The predicted molar refractivity (Wildman–Crippen MR) is 308 cm³/mol. The van der Waals surface area contributed by atoms with Crippen LogP contribution in [0.1, 0.15) is 0 Å². The third-order valence-corrected chi connectivity index (χ3v) is 15.0. The number of benzene rings is 12. The Morgan fingerprint density at radius 2 is 0.595 bits per heavy atom. The summed E-state index contributed by atoms with van der Waals surface area (Å²) in [4.78, 5) is 16.0. The molecule has 0 unspecified atom stereocenters. The van der Waals surface area contributed by atoms with Gasteiger partial charge in [0, 0.05) is 38.4 Å². The van der Waals surface area contributed by atoms with Gasteiger partial charge in [0.25, 0.3) is 0 Å². The molecule has 0 fully saturated rings. The van der Waals surface area contributed by atoms with E-state index in [0.29, 0.717) is 17.6 Å². The molecule has 0 saturated carbocycles. The topological polar surface area (TPSA) is 48.5 Å². The molecule has 0 N–H and O–H groups in total. The lowest BCUT2D eigenvalue weighted by atomic mass is 9.92. The zero-order valence-electron chi connectivity index (χ0n) is 40.1. The molecular weight excluding hydrogens is 899 g/mol. The average molecular weight is 942 g/mol. The molecule has 0 saturated heterocycles. The minimum Gasteiger partial charge on any atom is -0.309 e. The SMILES string of the molecule is c1ccc(-c2ccc(-c3nc(-c4ccc(-c5ccccc5)cc4)nc(-n4c5ccccc5c5cc6c7ccccc7n(-c7cccc(-c8ccc9c%10ccccc%10c%10ccccc%10c9c8)c7)c6cc54)n3)cc2)cc1. The Hall–Kier alpha value is -9.97. The van der Waals surface area contributed by atoms with Crippen LogP contribution in [0.2, 0.25) is 0 Å². The lowest BCUT2D eigenvalue weighted by Gasteiger charge is -2.14. The highest BCUT2D eigenvalue weighted by molar-refractivity contribution is 6.26. The summed E-state index contributed by atoms with van der Waals surface area (Å²) in [5, 5.41) is 12.2. The molecule has 0 amide bonds. The summed E-state index contributed by atoms with van der Waals surface area (Å²) in [6, 6.07) is 93.6. The van der Waals surface area contributed by atoms with Gasteiger partial charge in [-0.2, -0.15) is 9.97 Å². The van der Waals surface area contributed by atoms with Crippen molar-refractivity contribution >= 4 is 75.9 Å². The normalized spacial score (nSPS) is 11.8. The molecule has 0 bridgehead atoms. The largest absolute Gasteiger partial charge is 0.309 e. The van der Waals surface area contributed by atoms with Crippen molar-refractivity contribution < 1.29 is 0 Å². The first kappa shape index (κ1) is 41.8. The van der Waals surface area contributed by atoms with Gasteiger partial charge in [-0.25, -0.2) is 4.98 Å². The maximum Gasteiger partial charge on any atom is 0.238 e. The highest BCUT2D eigenvalue weighted by Crippen LogP contribution is 2.42. The summed E-state index contributed by atoms with van der Waals surface area (Å²) >= 11 is 0. The van der Waals surface area contributed by atoms with Crippen LogP contribution in [0.25, 0.3) is 144 Å². The van der Waals surface area contributed by atoms with Crippen molar-refractivity contribution in [1.82, 2.24) is 24.1 Å². The van der Waals surface area contributed by atoms with Crippen molar-refractivity contribution in [1.29, 1.82) is 0 Å². The van der Waals surface area contributed by atoms with Crippen molar-refractivity contribution in [2.75, 3.05) is 0 Å². The van der Waals surface area contributed by atoms with E-state index in [9.17, 15) is 0 Å². The molecular formula is C69H43N5. The summed E-state index contributed by atoms with van der Waals surface area (Å²) in [5.41, 5.74) is 14.1. The van der Waals surface area contributed by atoms with Crippen molar-refractivity contribution in [3.8, 4) is 67.8 Å². The number of para-hydroxylation sites is 2. The van der Waals surface area contributed by atoms with Crippen LogP contribution in [-0.2, 0) is 0 Å². The van der Waals surface area contributed by atoms with Crippen LogP contribution in [0.5, 0.6) is 0 Å². The van der Waals surface area contributed by atoms with Gasteiger partial charge < -0.3 is 4.57 Å². The summed E-state index contributed by atoms with van der Waals surface area (Å²) in [6.07, 6.45) is 0. The van der Waals surface area contributed by atoms with Gasteiger partial charge in [-0.3, -0.25) is 4.57 Å². The van der Waals surface area contributed by atoms with Crippen LogP contribution >= 0.6 is 0 Å². The fraction of sp³-hybridized carbons (Fsp3) is 0. The van der Waals surface area contributed by atoms with Crippen LogP contribution < -0.4 is 0 Å². The Balaban J connectivity index is 0.928. The maximum absolute atomic E-state index is 5.38. The molecule has 12 aromatic carbocycles. The fourth-order valence-electron chi connectivity index (χ4n) is 11.4. The van der Waals surface area contributed by atoms with Gasteiger partial charge in [0.1, 0.15) is 0 Å². The molecule has 0 aliphatic rings. The van der Waals surface area contributed by atoms with Gasteiger partial charge in [0.15, 0.2) is 11.6 Å². The molecule has 5 heteroatoms. The molecule has 0 spiro atoms. The van der Waals surface area contributed by atoms with Gasteiger partial charge >= 0.3 is 0 Å². The van der Waals surface area contributed by atoms with E-state index >= 15 is 0 Å². The molecule has 0 radical (unpaired) electrons. The third kappa shape index (κ3) is 6.75. The van der Waals surface area contributed by atoms with Crippen LogP contribution in [0.3, 0.4) is 0 Å². The standard InChI is InChI=1S/C69H43N5/c1-3-16-44(17-4-1)46-30-34-48(35-31-46)67-70-68(49-36-32-47(33-37-49)45-18-5-2-6-19-45)72-69(71-67)74-64-29-14-12-27-59(64)62-42-61-58-26-11-13-28-63(58)73(65(61)43-66(62)74)52-21-15-20-50(40-52)51-38-39-57-55-24-8-7-22-53(55)54-23-9-10-25-56(54)60(57)41-51/h1-43H. The lowest BCUT2D eigenvalue weighted by Crippen LogP contribution is -2.06. The van der Waals surface area contributed by atoms with Gasteiger partial charge in [-0.15, -0.1) is 0 Å². The highest BCUT2D eigenvalue weighted by atomic mass is 15.2. The summed E-state index contributed by atoms with van der Waals surface area (Å²) in [5.74, 6) is 1.75. The minimum atomic E-state index is 0.552. The van der Waals surface area contributed by atoms with Gasteiger partial charge in [0.2, 0.25) is 5.95 Å². The Labute approximate surface area is 426 Å². The van der Waals surface area contributed by atoms with Gasteiger partial charge in [0.05, 0.1) is 22.1 Å². The monoisotopic (exact) mass is 941 g/mol. The highest BCUT2D eigenvalue weighted by Gasteiger charge is 2.22. The number of nitrogens with zero attached hydrogens (tertiary/aromatic N) is 5. The summed E-state index contributed by atoms with van der Waals surface area (Å²) in [7, 11) is 0. The van der Waals surface area contributed by atoms with Crippen molar-refractivity contribution in [2.45, 2.75) is 0 Å². The van der Waals surface area contributed by atoms with E-state index in [-0.39, 0.29) is 0 Å². The van der Waals surface area contributed by atoms with E-state index in [1.807, 2.05) is 12.1 Å². The van der Waals surface area contributed by atoms with E-state index in [2.05, 4.69) is 258 Å². The number of rotatable bonds is 7. The number of fused-ring (bicyclic) bond motifs is 12. The van der Waals surface area contributed by atoms with E-state index in [0.717, 1.165) is 77.5 Å². The molecule has 74 heavy (non-hydrogen) atoms. The third-order valence-electron chi connectivity index (χ3n) is 15.0. The second-order valence-electron chi connectivity index (χ2n) is 19.2. The molecule has 0 aliphatic heterocycles. The molecule has 3 aromatic heterocycles. The first-order valence-electron chi connectivity index (χ1n) is 25.2. The molecule has 0 atom stereocenters. The first-order valence-corrected chi connectivity index (χ1v) is 25.2. The average Bonchev–Trinajstić information content (AvgIpc) is 4.02. The van der Waals surface area contributed by atoms with Crippen molar-refractivity contribution in [2.24, 2.45) is 0 Å². The second-order valence-corrected chi connectivity index (χ2v) is 19.2. The second kappa shape index (κ2) is 16.8. The summed E-state index contributed by atoms with van der Waals surface area (Å²) in [6.45, 7) is 0. The molecule has 344 valence electrons. The Kier molecular flexibility index (Phi) is 9.50. The molecule has 15 rings (SSSR count). The summed E-state index contributed by atoms with van der Waals surface area (Å²) < 4.78 is 4.66. The van der Waals surface area contributed by atoms with Gasteiger partial charge in [-0.1, -0.05) is 218 Å². The predicted octanol–water partition coefficient (Wildman–Crippen LogP) is 17.9. The van der Waals surface area contributed by atoms with E-state index < -0.39 is 0 Å². The number of hydrogen-bond donors (Lipinski definition) is 0. The first-order chi connectivity index (χ1) is 36.7. The van der Waals surface area contributed by atoms with E-state index in [4.69, 9.17) is 15.0 Å². The van der Waals surface area contributed by atoms with E-state index in [1.165, 1.54) is 48.7 Å². The Morgan fingerprint density at radius 1 is 0.203 bits per heavy atom. The van der Waals surface area contributed by atoms with Crippen LogP contribution in [0, 0.1) is 0 Å². The van der Waals surface area contributed by atoms with Gasteiger partial charge in [-0.05, 0) is 108 Å². The van der Waals surface area contributed by atoms with Crippen molar-refractivity contribution in [3.63, 3.8) is 0 Å². The Bertz CT molecular complexity index is 4550. The van der Waals surface area contributed by atoms with Crippen LogP contribution in [0.15, 0.2) is 261 Å². The fourth-order valence-corrected chi connectivity index (χ4v) is 11.4. The van der Waals surface area contributed by atoms with E-state index in [1.54, 1.807) is 0 Å². The Morgan fingerprint density at radius 3 is 1.15 bits per heavy atom. The quantitative estimate of drug-likeness (QED) is 0.150. The smallest absolute Gasteiger partial charge is 0.238 e.